The van der Waals surface area contributed by atoms with Gasteiger partial charge in [0.1, 0.15) is 11.3 Å². The maximum atomic E-state index is 13.2. The molecule has 0 amide bonds. The van der Waals surface area contributed by atoms with E-state index in [1.165, 1.54) is 22.9 Å². The maximum absolute atomic E-state index is 13.2. The molecule has 4 aromatic rings. The zero-order chi connectivity index (χ0) is 19.2. The second kappa shape index (κ2) is 6.17. The van der Waals surface area contributed by atoms with E-state index in [1.54, 1.807) is 37.6 Å². The third-order valence-corrected chi connectivity index (χ3v) is 6.09. The number of fused-ring (bicyclic) bond motifs is 1. The molecule has 0 aliphatic carbocycles. The van der Waals surface area contributed by atoms with Gasteiger partial charge in [-0.15, -0.1) is 0 Å². The Morgan fingerprint density at radius 1 is 1.07 bits per heavy atom. The average molecular weight is 383 g/mol. The van der Waals surface area contributed by atoms with Crippen molar-refractivity contribution in [2.75, 3.05) is 0 Å². The van der Waals surface area contributed by atoms with Gasteiger partial charge in [-0.2, -0.15) is 0 Å². The Labute approximate surface area is 153 Å². The zero-order valence-electron chi connectivity index (χ0n) is 14.2. The molecule has 0 aliphatic heterocycles. The van der Waals surface area contributed by atoms with E-state index in [4.69, 9.17) is 0 Å². The number of aromatic nitrogens is 3. The Morgan fingerprint density at radius 3 is 2.56 bits per heavy atom. The van der Waals surface area contributed by atoms with Gasteiger partial charge in [0.15, 0.2) is 5.03 Å². The fraction of sp³-hybridized carbons (Fsp3) is 0.0526. The van der Waals surface area contributed by atoms with Gasteiger partial charge in [0, 0.05) is 42.2 Å². The number of hydrogen-bond acceptors (Lipinski definition) is 4. The highest BCUT2D eigenvalue weighted by atomic mass is 32.2. The molecular formula is C19H14FN3O3S. The summed E-state index contributed by atoms with van der Waals surface area (Å²) >= 11 is 0. The van der Waals surface area contributed by atoms with Crippen LogP contribution in [0.3, 0.4) is 0 Å². The number of benzene rings is 1. The van der Waals surface area contributed by atoms with E-state index in [9.17, 15) is 17.6 Å². The van der Waals surface area contributed by atoms with Gasteiger partial charge in [0.25, 0.3) is 5.56 Å². The van der Waals surface area contributed by atoms with Crippen LogP contribution in [-0.4, -0.2) is 23.0 Å². The molecule has 136 valence electrons. The zero-order valence-corrected chi connectivity index (χ0v) is 15.0. The fourth-order valence-corrected chi connectivity index (χ4v) is 4.36. The minimum Gasteiger partial charge on any atom is -0.356 e. The summed E-state index contributed by atoms with van der Waals surface area (Å²) in [6, 6.07) is 9.57. The summed E-state index contributed by atoms with van der Waals surface area (Å²) in [5.41, 5.74) is 1.08. The van der Waals surface area contributed by atoms with Gasteiger partial charge in [-0.1, -0.05) is 0 Å². The van der Waals surface area contributed by atoms with Crippen molar-refractivity contribution in [1.82, 2.24) is 14.5 Å². The van der Waals surface area contributed by atoms with Crippen molar-refractivity contribution >= 4 is 20.7 Å². The minimum atomic E-state index is -3.97. The number of hydrogen-bond donors (Lipinski definition) is 1. The van der Waals surface area contributed by atoms with E-state index >= 15 is 0 Å². The molecule has 0 aliphatic rings. The van der Waals surface area contributed by atoms with Crippen LogP contribution in [0.4, 0.5) is 4.39 Å². The van der Waals surface area contributed by atoms with Gasteiger partial charge in [0.2, 0.25) is 9.84 Å². The van der Waals surface area contributed by atoms with E-state index in [0.29, 0.717) is 22.0 Å². The van der Waals surface area contributed by atoms with Crippen molar-refractivity contribution in [3.63, 3.8) is 0 Å². The lowest BCUT2D eigenvalue weighted by Crippen LogP contribution is -2.15. The SMILES string of the molecule is Cn1ccc2c(-c3cccnc3S(=O)(=O)c3ccc(F)cc3)c[nH]c2c1=O. The smallest absolute Gasteiger partial charge is 0.274 e. The van der Waals surface area contributed by atoms with Crippen molar-refractivity contribution in [2.24, 2.45) is 7.05 Å². The van der Waals surface area contributed by atoms with Crippen LogP contribution in [0.2, 0.25) is 0 Å². The number of halogens is 1. The number of aromatic amines is 1. The Balaban J connectivity index is 1.97. The second-order valence-corrected chi connectivity index (χ2v) is 7.90. The molecule has 0 spiro atoms. The summed E-state index contributed by atoms with van der Waals surface area (Å²) < 4.78 is 40.7. The lowest BCUT2D eigenvalue weighted by molar-refractivity contribution is 0.591. The molecule has 4 rings (SSSR count). The number of pyridine rings is 2. The first-order valence-corrected chi connectivity index (χ1v) is 9.50. The summed E-state index contributed by atoms with van der Waals surface area (Å²) in [4.78, 5) is 19.2. The molecule has 6 nitrogen and oxygen atoms in total. The summed E-state index contributed by atoms with van der Waals surface area (Å²) in [6.45, 7) is 0. The molecule has 3 aromatic heterocycles. The van der Waals surface area contributed by atoms with Crippen LogP contribution in [0, 0.1) is 5.82 Å². The molecule has 0 saturated carbocycles. The number of nitrogens with zero attached hydrogens (tertiary/aromatic N) is 2. The average Bonchev–Trinajstić information content (AvgIpc) is 3.10. The van der Waals surface area contributed by atoms with Crippen LogP contribution in [0.25, 0.3) is 22.0 Å². The van der Waals surface area contributed by atoms with Crippen molar-refractivity contribution in [3.05, 3.63) is 77.2 Å². The first kappa shape index (κ1) is 17.2. The van der Waals surface area contributed by atoms with Crippen molar-refractivity contribution in [2.45, 2.75) is 9.92 Å². The summed E-state index contributed by atoms with van der Waals surface area (Å²) in [6.07, 6.45) is 4.59. The number of nitrogens with one attached hydrogen (secondary N) is 1. The van der Waals surface area contributed by atoms with E-state index in [2.05, 4.69) is 9.97 Å². The summed E-state index contributed by atoms with van der Waals surface area (Å²) in [7, 11) is -2.34. The maximum Gasteiger partial charge on any atom is 0.274 e. The first-order valence-electron chi connectivity index (χ1n) is 8.02. The predicted molar refractivity (Wildman–Crippen MR) is 98.6 cm³/mol. The topological polar surface area (TPSA) is 84.8 Å². The molecule has 0 radical (unpaired) electrons. The fourth-order valence-electron chi connectivity index (χ4n) is 2.97. The predicted octanol–water partition coefficient (Wildman–Crippen LogP) is 2.90. The number of sulfone groups is 1. The van der Waals surface area contributed by atoms with Crippen molar-refractivity contribution in [3.8, 4) is 11.1 Å². The Hall–Kier alpha value is -3.26. The quantitative estimate of drug-likeness (QED) is 0.551. The lowest BCUT2D eigenvalue weighted by Gasteiger charge is -2.09. The molecule has 8 heteroatoms. The van der Waals surface area contributed by atoms with Crippen LogP contribution < -0.4 is 5.56 Å². The monoisotopic (exact) mass is 383 g/mol. The molecule has 0 atom stereocenters. The van der Waals surface area contributed by atoms with Crippen molar-refractivity contribution < 1.29 is 12.8 Å². The second-order valence-electron chi connectivity index (χ2n) is 6.04. The van der Waals surface area contributed by atoms with Gasteiger partial charge >= 0.3 is 0 Å². The van der Waals surface area contributed by atoms with Gasteiger partial charge in [-0.25, -0.2) is 17.8 Å². The van der Waals surface area contributed by atoms with E-state index in [0.717, 1.165) is 12.1 Å². The Kier molecular flexibility index (Phi) is 3.92. The number of rotatable bonds is 3. The molecule has 0 unspecified atom stereocenters. The first-order chi connectivity index (χ1) is 12.9. The highest BCUT2D eigenvalue weighted by Crippen LogP contribution is 2.33. The highest BCUT2D eigenvalue weighted by molar-refractivity contribution is 7.91. The van der Waals surface area contributed by atoms with Crippen molar-refractivity contribution in [1.29, 1.82) is 0 Å². The van der Waals surface area contributed by atoms with E-state index < -0.39 is 15.7 Å². The molecule has 1 N–H and O–H groups in total. The number of aryl methyl sites for hydroxylation is 1. The largest absolute Gasteiger partial charge is 0.356 e. The van der Waals surface area contributed by atoms with Gasteiger partial charge < -0.3 is 9.55 Å². The van der Waals surface area contributed by atoms with E-state index in [1.807, 2.05) is 0 Å². The van der Waals surface area contributed by atoms with Crippen LogP contribution in [0.1, 0.15) is 0 Å². The van der Waals surface area contributed by atoms with Crippen LogP contribution in [-0.2, 0) is 16.9 Å². The third-order valence-electron chi connectivity index (χ3n) is 4.36. The van der Waals surface area contributed by atoms with Crippen LogP contribution >= 0.6 is 0 Å². The van der Waals surface area contributed by atoms with Crippen LogP contribution in [0.5, 0.6) is 0 Å². The standard InChI is InChI=1S/C19H14FN3O3S/c1-23-10-8-14-16(11-22-17(14)19(23)24)15-3-2-9-21-18(15)27(25,26)13-6-4-12(20)5-7-13/h2-11,22H,1H3. The summed E-state index contributed by atoms with van der Waals surface area (Å²) in [5.74, 6) is -0.525. The summed E-state index contributed by atoms with van der Waals surface area (Å²) in [5, 5.41) is 0.444. The van der Waals surface area contributed by atoms with Gasteiger partial charge in [-0.3, -0.25) is 4.79 Å². The molecule has 1 aromatic carbocycles. The van der Waals surface area contributed by atoms with Crippen LogP contribution in [0.15, 0.2) is 75.8 Å². The van der Waals surface area contributed by atoms with E-state index in [-0.39, 0.29) is 15.5 Å². The Morgan fingerprint density at radius 2 is 1.81 bits per heavy atom. The van der Waals surface area contributed by atoms with Gasteiger partial charge in [0.05, 0.1) is 4.90 Å². The molecule has 0 bridgehead atoms. The third kappa shape index (κ3) is 2.74. The highest BCUT2D eigenvalue weighted by Gasteiger charge is 2.25. The minimum absolute atomic E-state index is 0.0559. The molecule has 0 saturated heterocycles. The molecule has 0 fully saturated rings. The number of H-pyrrole nitrogens is 1. The normalized spacial score (nSPS) is 11.8. The van der Waals surface area contributed by atoms with Gasteiger partial charge in [-0.05, 0) is 42.5 Å². The molecule has 3 heterocycles. The lowest BCUT2D eigenvalue weighted by atomic mass is 10.1. The molecular weight excluding hydrogens is 369 g/mol. The molecule has 27 heavy (non-hydrogen) atoms. The Bertz CT molecular complexity index is 1320.